The SMILES string of the molecule is O=C(c1c(-c2ccc(Cl)cc2)n[nH]c1-c1nnc(C2(C(F)(F)F)CC2)s1)N(c1ccc(Cl)cc1Cl)C1CCC1. The maximum Gasteiger partial charge on any atom is 0.400 e. The van der Waals surface area contributed by atoms with Gasteiger partial charge in [0, 0.05) is 21.7 Å². The molecule has 13 heteroatoms. The van der Waals surface area contributed by atoms with Gasteiger partial charge in [0.15, 0.2) is 5.01 Å². The van der Waals surface area contributed by atoms with E-state index in [9.17, 15) is 18.0 Å². The molecule has 2 aliphatic rings. The van der Waals surface area contributed by atoms with Gasteiger partial charge in [0.05, 0.1) is 16.3 Å². The van der Waals surface area contributed by atoms with Crippen LogP contribution in [-0.2, 0) is 5.41 Å². The van der Waals surface area contributed by atoms with Crippen molar-refractivity contribution in [1.82, 2.24) is 20.4 Å². The van der Waals surface area contributed by atoms with Crippen molar-refractivity contribution in [3.8, 4) is 22.0 Å². The third kappa shape index (κ3) is 4.61. The second-order valence-electron chi connectivity index (χ2n) is 9.68. The number of amides is 1. The number of H-pyrrole nitrogens is 1. The summed E-state index contributed by atoms with van der Waals surface area (Å²) in [6.07, 6.45) is -2.03. The molecule has 1 N–H and O–H groups in total. The lowest BCUT2D eigenvalue weighted by Gasteiger charge is -2.38. The number of hydrogen-bond acceptors (Lipinski definition) is 5. The normalized spacial score (nSPS) is 16.7. The molecule has 202 valence electrons. The van der Waals surface area contributed by atoms with Gasteiger partial charge in [-0.05, 0) is 62.4 Å². The van der Waals surface area contributed by atoms with Crippen LogP contribution in [0.15, 0.2) is 42.5 Å². The standard InChI is InChI=1S/C26H19Cl3F3N5OS/c27-14-6-4-13(5-7-14)20-19(23(38)37(16-2-1-3-16)18-9-8-15(28)12-17(18)29)21(34-33-20)22-35-36-24(39-22)25(10-11-25)26(30,31)32/h4-9,12,16H,1-3,10-11H2,(H,33,34). The van der Waals surface area contributed by atoms with Gasteiger partial charge < -0.3 is 4.90 Å². The Morgan fingerprint density at radius 1 is 1.03 bits per heavy atom. The molecule has 0 saturated heterocycles. The van der Waals surface area contributed by atoms with Crippen molar-refractivity contribution >= 4 is 57.7 Å². The topological polar surface area (TPSA) is 74.8 Å². The van der Waals surface area contributed by atoms with Crippen molar-refractivity contribution in [2.24, 2.45) is 0 Å². The molecule has 0 atom stereocenters. The van der Waals surface area contributed by atoms with E-state index in [4.69, 9.17) is 34.8 Å². The van der Waals surface area contributed by atoms with Crippen LogP contribution in [0.5, 0.6) is 0 Å². The molecular formula is C26H19Cl3F3N5OS. The average molecular weight is 613 g/mol. The predicted molar refractivity (Wildman–Crippen MR) is 146 cm³/mol. The van der Waals surface area contributed by atoms with Crippen LogP contribution >= 0.6 is 46.1 Å². The first-order valence-electron chi connectivity index (χ1n) is 12.1. The van der Waals surface area contributed by atoms with Crippen LogP contribution in [-0.4, -0.2) is 38.5 Å². The Morgan fingerprint density at radius 3 is 2.31 bits per heavy atom. The first-order valence-corrected chi connectivity index (χ1v) is 14.1. The van der Waals surface area contributed by atoms with Crippen molar-refractivity contribution in [2.75, 3.05) is 4.90 Å². The molecule has 2 aromatic carbocycles. The zero-order chi connectivity index (χ0) is 27.5. The quantitative estimate of drug-likeness (QED) is 0.237. The molecule has 2 aliphatic carbocycles. The van der Waals surface area contributed by atoms with E-state index in [1.54, 1.807) is 47.4 Å². The average Bonchev–Trinajstić information content (AvgIpc) is 3.34. The first-order chi connectivity index (χ1) is 18.6. The Bertz CT molecular complexity index is 1560. The summed E-state index contributed by atoms with van der Waals surface area (Å²) in [4.78, 5) is 16.1. The van der Waals surface area contributed by atoms with Crippen molar-refractivity contribution in [3.05, 3.63) is 68.1 Å². The molecule has 0 spiro atoms. The number of carbonyl (C=O) groups excluding carboxylic acids is 1. The summed E-state index contributed by atoms with van der Waals surface area (Å²) in [5, 5.41) is 16.5. The third-order valence-corrected chi connectivity index (χ3v) is 9.20. The minimum Gasteiger partial charge on any atom is -0.304 e. The Kier molecular flexibility index (Phi) is 6.65. The smallest absolute Gasteiger partial charge is 0.304 e. The van der Waals surface area contributed by atoms with Crippen LogP contribution in [0, 0.1) is 0 Å². The number of nitrogens with zero attached hydrogens (tertiary/aromatic N) is 4. The predicted octanol–water partition coefficient (Wildman–Crippen LogP) is 8.35. The lowest BCUT2D eigenvalue weighted by Crippen LogP contribution is -2.45. The second kappa shape index (κ2) is 9.76. The summed E-state index contributed by atoms with van der Waals surface area (Å²) in [6.45, 7) is 0. The van der Waals surface area contributed by atoms with Crippen LogP contribution in [0.4, 0.5) is 18.9 Å². The number of nitrogens with one attached hydrogen (secondary N) is 1. The summed E-state index contributed by atoms with van der Waals surface area (Å²) in [7, 11) is 0. The number of benzene rings is 2. The number of carbonyl (C=O) groups is 1. The first kappa shape index (κ1) is 26.6. The van der Waals surface area contributed by atoms with Gasteiger partial charge in [0.2, 0.25) is 0 Å². The number of aromatic nitrogens is 4. The summed E-state index contributed by atoms with van der Waals surface area (Å²) in [5.41, 5.74) is -0.233. The number of aromatic amines is 1. The molecule has 6 nitrogen and oxygen atoms in total. The van der Waals surface area contributed by atoms with Crippen molar-refractivity contribution in [2.45, 2.75) is 49.7 Å². The Labute approximate surface area is 240 Å². The molecule has 0 unspecified atom stereocenters. The number of hydrogen-bond donors (Lipinski definition) is 1. The van der Waals surface area contributed by atoms with Crippen molar-refractivity contribution < 1.29 is 18.0 Å². The Balaban J connectivity index is 1.50. The zero-order valence-corrected chi connectivity index (χ0v) is 23.1. The molecule has 0 bridgehead atoms. The monoisotopic (exact) mass is 611 g/mol. The molecule has 2 saturated carbocycles. The van der Waals surface area contributed by atoms with Crippen LogP contribution in [0.3, 0.4) is 0 Å². The number of rotatable bonds is 6. The summed E-state index contributed by atoms with van der Waals surface area (Å²) >= 11 is 19.6. The van der Waals surface area contributed by atoms with Crippen LogP contribution < -0.4 is 4.90 Å². The summed E-state index contributed by atoms with van der Waals surface area (Å²) in [5.74, 6) is -0.411. The molecule has 2 aromatic heterocycles. The molecule has 39 heavy (non-hydrogen) atoms. The van der Waals surface area contributed by atoms with Gasteiger partial charge in [-0.3, -0.25) is 9.89 Å². The third-order valence-electron chi connectivity index (χ3n) is 7.27. The van der Waals surface area contributed by atoms with E-state index in [2.05, 4.69) is 20.4 Å². The maximum atomic E-state index is 14.4. The van der Waals surface area contributed by atoms with Crippen LogP contribution in [0.1, 0.15) is 47.5 Å². The minimum atomic E-state index is -4.43. The van der Waals surface area contributed by atoms with Gasteiger partial charge in [-0.2, -0.15) is 18.3 Å². The van der Waals surface area contributed by atoms with Gasteiger partial charge >= 0.3 is 6.18 Å². The van der Waals surface area contributed by atoms with Gasteiger partial charge in [0.1, 0.15) is 21.8 Å². The lowest BCUT2D eigenvalue weighted by molar-refractivity contribution is -0.160. The lowest BCUT2D eigenvalue weighted by atomic mass is 9.90. The largest absolute Gasteiger partial charge is 0.400 e. The molecule has 6 rings (SSSR count). The van der Waals surface area contributed by atoms with Crippen molar-refractivity contribution in [1.29, 1.82) is 0 Å². The highest BCUT2D eigenvalue weighted by Gasteiger charge is 2.66. The van der Waals surface area contributed by atoms with E-state index in [1.165, 1.54) is 0 Å². The zero-order valence-electron chi connectivity index (χ0n) is 20.0. The second-order valence-corrected chi connectivity index (χ2v) is 11.9. The summed E-state index contributed by atoms with van der Waals surface area (Å²) in [6, 6.07) is 11.6. The number of halogens is 6. The fourth-order valence-corrected chi connectivity index (χ4v) is 6.43. The molecule has 1 amide bonds. The fourth-order valence-electron chi connectivity index (χ4n) is 4.70. The van der Waals surface area contributed by atoms with E-state index in [1.807, 2.05) is 0 Å². The van der Waals surface area contributed by atoms with Gasteiger partial charge in [0.25, 0.3) is 5.91 Å². The van der Waals surface area contributed by atoms with E-state index in [-0.39, 0.29) is 40.2 Å². The molecular weight excluding hydrogens is 594 g/mol. The van der Waals surface area contributed by atoms with Gasteiger partial charge in [-0.1, -0.05) is 58.3 Å². The van der Waals surface area contributed by atoms with Crippen LogP contribution in [0.2, 0.25) is 15.1 Å². The molecule has 0 aliphatic heterocycles. The van der Waals surface area contributed by atoms with Crippen LogP contribution in [0.25, 0.3) is 22.0 Å². The molecule has 0 radical (unpaired) electrons. The van der Waals surface area contributed by atoms with Gasteiger partial charge in [-0.15, -0.1) is 10.2 Å². The number of alkyl halides is 3. The number of anilines is 1. The highest BCUT2D eigenvalue weighted by Crippen LogP contribution is 2.60. The highest BCUT2D eigenvalue weighted by molar-refractivity contribution is 7.14. The summed E-state index contributed by atoms with van der Waals surface area (Å²) < 4.78 is 41.3. The van der Waals surface area contributed by atoms with Crippen molar-refractivity contribution in [3.63, 3.8) is 0 Å². The molecule has 4 aromatic rings. The molecule has 2 fully saturated rings. The Morgan fingerprint density at radius 2 is 1.72 bits per heavy atom. The van der Waals surface area contributed by atoms with E-state index < -0.39 is 17.5 Å². The maximum absolute atomic E-state index is 14.4. The highest BCUT2D eigenvalue weighted by atomic mass is 35.5. The van der Waals surface area contributed by atoms with Gasteiger partial charge in [-0.25, -0.2) is 0 Å². The Hall–Kier alpha value is -2.66. The van der Waals surface area contributed by atoms with E-state index in [0.29, 0.717) is 32.0 Å². The van der Waals surface area contributed by atoms with E-state index in [0.717, 1.165) is 30.6 Å². The molecule has 2 heterocycles. The fraction of sp³-hybridized carbons (Fsp3) is 0.308. The van der Waals surface area contributed by atoms with E-state index >= 15 is 0 Å². The minimum absolute atomic E-state index is 0.0412.